The molecule has 1 fully saturated rings. The molecule has 1 N–H and O–H groups in total. The zero-order valence-corrected chi connectivity index (χ0v) is 14.0. The summed E-state index contributed by atoms with van der Waals surface area (Å²) in [5.41, 5.74) is -0.810. The van der Waals surface area contributed by atoms with Crippen LogP contribution in [0, 0.1) is 22.7 Å². The summed E-state index contributed by atoms with van der Waals surface area (Å²) in [6.45, 7) is 5.55. The Morgan fingerprint density at radius 1 is 1.48 bits per heavy atom. The van der Waals surface area contributed by atoms with Gasteiger partial charge in [0, 0.05) is 0 Å². The molecule has 0 aromatic carbocycles. The maximum absolute atomic E-state index is 11.9. The topological polar surface area (TPSA) is 79.2 Å². The smallest absolute Gasteiger partial charge is 0.306 e. The lowest BCUT2D eigenvalue weighted by atomic mass is 9.90. The van der Waals surface area contributed by atoms with E-state index in [1.54, 1.807) is 6.92 Å². The summed E-state index contributed by atoms with van der Waals surface area (Å²) in [7, 11) is 1.40. The van der Waals surface area contributed by atoms with E-state index in [2.05, 4.69) is 11.4 Å². The van der Waals surface area contributed by atoms with Crippen molar-refractivity contribution in [1.82, 2.24) is 5.32 Å². The zero-order valence-electron chi connectivity index (χ0n) is 13.2. The van der Waals surface area contributed by atoms with Crippen molar-refractivity contribution >= 4 is 23.6 Å². The van der Waals surface area contributed by atoms with Crippen LogP contribution >= 0.6 is 11.8 Å². The Labute approximate surface area is 130 Å². The number of methoxy groups -OCH3 is 1. The van der Waals surface area contributed by atoms with E-state index < -0.39 is 5.54 Å². The van der Waals surface area contributed by atoms with Gasteiger partial charge in [0.15, 0.2) is 0 Å². The number of amides is 1. The normalized spacial score (nSPS) is 18.5. The van der Waals surface area contributed by atoms with E-state index in [1.165, 1.54) is 18.9 Å². The first-order valence-corrected chi connectivity index (χ1v) is 8.29. The highest BCUT2D eigenvalue weighted by molar-refractivity contribution is 8.00. The number of ether oxygens (including phenoxy) is 1. The Kier molecular flexibility index (Phi) is 6.09. The van der Waals surface area contributed by atoms with Gasteiger partial charge in [0.05, 0.1) is 25.4 Å². The highest BCUT2D eigenvalue weighted by atomic mass is 32.2. The summed E-state index contributed by atoms with van der Waals surface area (Å²) in [4.78, 5) is 23.3. The Morgan fingerprint density at radius 3 is 2.52 bits per heavy atom. The van der Waals surface area contributed by atoms with Crippen LogP contribution in [0.25, 0.3) is 0 Å². The molecule has 0 saturated heterocycles. The average Bonchev–Trinajstić information content (AvgIpc) is 3.17. The molecule has 1 amide bonds. The SMILES string of the molecule is COC(=O)CC1(CSCC(=O)NC(C)(C#N)C(C)C)CC1. The molecule has 5 nitrogen and oxygen atoms in total. The Bertz CT molecular complexity index is 441. The van der Waals surface area contributed by atoms with Gasteiger partial charge in [0.1, 0.15) is 5.54 Å². The van der Waals surface area contributed by atoms with Crippen molar-refractivity contribution in [3.63, 3.8) is 0 Å². The summed E-state index contributed by atoms with van der Waals surface area (Å²) in [5, 5.41) is 12.0. The van der Waals surface area contributed by atoms with Crippen LogP contribution in [-0.4, -0.2) is 36.0 Å². The van der Waals surface area contributed by atoms with E-state index in [0.717, 1.165) is 18.6 Å². The van der Waals surface area contributed by atoms with E-state index in [9.17, 15) is 14.9 Å². The summed E-state index contributed by atoms with van der Waals surface area (Å²) >= 11 is 1.52. The first-order valence-electron chi connectivity index (χ1n) is 7.14. The summed E-state index contributed by atoms with van der Waals surface area (Å²) in [6.07, 6.45) is 2.46. The molecule has 1 aliphatic carbocycles. The molecule has 0 heterocycles. The lowest BCUT2D eigenvalue weighted by Gasteiger charge is -2.27. The molecular formula is C15H24N2O3S. The fraction of sp³-hybridized carbons (Fsp3) is 0.800. The number of nitrogens with zero attached hydrogens (tertiary/aromatic N) is 1. The molecule has 21 heavy (non-hydrogen) atoms. The number of carbonyl (C=O) groups is 2. The number of esters is 1. The van der Waals surface area contributed by atoms with Crippen LogP contribution in [0.4, 0.5) is 0 Å². The quantitative estimate of drug-likeness (QED) is 0.694. The zero-order chi connectivity index (χ0) is 16.1. The summed E-state index contributed by atoms with van der Waals surface area (Å²) < 4.78 is 4.70. The molecule has 0 aliphatic heterocycles. The molecule has 0 spiro atoms. The first kappa shape index (κ1) is 17.8. The van der Waals surface area contributed by atoms with Crippen LogP contribution in [0.3, 0.4) is 0 Å². The molecule has 1 rings (SSSR count). The summed E-state index contributed by atoms with van der Waals surface area (Å²) in [6, 6.07) is 2.16. The molecule has 0 radical (unpaired) electrons. The molecule has 118 valence electrons. The van der Waals surface area contributed by atoms with Crippen molar-refractivity contribution in [3.8, 4) is 6.07 Å². The van der Waals surface area contributed by atoms with E-state index in [0.29, 0.717) is 12.2 Å². The first-order chi connectivity index (χ1) is 9.77. The monoisotopic (exact) mass is 312 g/mol. The Hall–Kier alpha value is -1.22. The van der Waals surface area contributed by atoms with E-state index in [4.69, 9.17) is 4.74 Å². The minimum Gasteiger partial charge on any atom is -0.469 e. The fourth-order valence-electron chi connectivity index (χ4n) is 1.91. The van der Waals surface area contributed by atoms with Crippen LogP contribution in [0.15, 0.2) is 0 Å². The van der Waals surface area contributed by atoms with E-state index in [-0.39, 0.29) is 23.2 Å². The van der Waals surface area contributed by atoms with Gasteiger partial charge in [0.25, 0.3) is 0 Å². The second kappa shape index (κ2) is 7.17. The number of thioether (sulfide) groups is 1. The van der Waals surface area contributed by atoms with Crippen molar-refractivity contribution in [2.75, 3.05) is 18.6 Å². The van der Waals surface area contributed by atoms with Gasteiger partial charge in [-0.2, -0.15) is 17.0 Å². The second-order valence-corrected chi connectivity index (χ2v) is 7.25. The Morgan fingerprint density at radius 2 is 2.10 bits per heavy atom. The molecule has 1 unspecified atom stereocenters. The van der Waals surface area contributed by atoms with Crippen molar-refractivity contribution in [2.24, 2.45) is 11.3 Å². The number of nitriles is 1. The third-order valence-electron chi connectivity index (χ3n) is 4.13. The van der Waals surface area contributed by atoms with Gasteiger partial charge in [-0.25, -0.2) is 0 Å². The molecule has 1 saturated carbocycles. The largest absolute Gasteiger partial charge is 0.469 e. The molecule has 1 aliphatic rings. The number of hydrogen-bond acceptors (Lipinski definition) is 5. The van der Waals surface area contributed by atoms with Crippen molar-refractivity contribution in [2.45, 2.75) is 45.6 Å². The highest BCUT2D eigenvalue weighted by Crippen LogP contribution is 2.51. The van der Waals surface area contributed by atoms with Gasteiger partial charge in [-0.05, 0) is 36.9 Å². The maximum Gasteiger partial charge on any atom is 0.306 e. The van der Waals surface area contributed by atoms with Crippen molar-refractivity contribution in [3.05, 3.63) is 0 Å². The number of rotatable bonds is 8. The van der Waals surface area contributed by atoms with Gasteiger partial charge < -0.3 is 10.1 Å². The average molecular weight is 312 g/mol. The van der Waals surface area contributed by atoms with Crippen LogP contribution in [0.5, 0.6) is 0 Å². The van der Waals surface area contributed by atoms with E-state index >= 15 is 0 Å². The minimum atomic E-state index is -0.832. The van der Waals surface area contributed by atoms with E-state index in [1.807, 2.05) is 13.8 Å². The molecule has 1 atom stereocenters. The molecule has 0 aromatic heterocycles. The van der Waals surface area contributed by atoms with Crippen LogP contribution in [-0.2, 0) is 14.3 Å². The number of carbonyl (C=O) groups excluding carboxylic acids is 2. The molecule has 0 bridgehead atoms. The van der Waals surface area contributed by atoms with Crippen LogP contribution < -0.4 is 5.32 Å². The predicted molar refractivity (Wildman–Crippen MR) is 82.6 cm³/mol. The number of nitrogens with one attached hydrogen (secondary N) is 1. The highest BCUT2D eigenvalue weighted by Gasteiger charge is 2.44. The van der Waals surface area contributed by atoms with Crippen LogP contribution in [0.1, 0.15) is 40.0 Å². The fourth-order valence-corrected chi connectivity index (χ4v) is 3.10. The Balaban J connectivity index is 2.35. The second-order valence-electron chi connectivity index (χ2n) is 6.26. The lowest BCUT2D eigenvalue weighted by Crippen LogP contribution is -2.49. The predicted octanol–water partition coefficient (Wildman–Crippen LogP) is 2.12. The third kappa shape index (κ3) is 5.24. The van der Waals surface area contributed by atoms with Crippen LogP contribution in [0.2, 0.25) is 0 Å². The number of hydrogen-bond donors (Lipinski definition) is 1. The summed E-state index contributed by atoms with van der Waals surface area (Å²) in [5.74, 6) is 0.819. The van der Waals surface area contributed by atoms with Crippen molar-refractivity contribution in [1.29, 1.82) is 5.26 Å². The minimum absolute atomic E-state index is 0.0224. The van der Waals surface area contributed by atoms with Gasteiger partial charge in [0.2, 0.25) is 5.91 Å². The molecule has 6 heteroatoms. The third-order valence-corrected chi connectivity index (χ3v) is 5.41. The van der Waals surface area contributed by atoms with Gasteiger partial charge >= 0.3 is 5.97 Å². The van der Waals surface area contributed by atoms with Gasteiger partial charge in [-0.3, -0.25) is 9.59 Å². The maximum atomic E-state index is 11.9. The molecular weight excluding hydrogens is 288 g/mol. The molecule has 0 aromatic rings. The van der Waals surface area contributed by atoms with Gasteiger partial charge in [-0.1, -0.05) is 13.8 Å². The van der Waals surface area contributed by atoms with Crippen molar-refractivity contribution < 1.29 is 14.3 Å². The lowest BCUT2D eigenvalue weighted by molar-refractivity contribution is -0.141. The standard InChI is InChI=1S/C15H24N2O3S/c1-11(2)14(3,9-16)17-12(18)8-21-10-15(5-6-15)7-13(19)20-4/h11H,5-8,10H2,1-4H3,(H,17,18). The van der Waals surface area contributed by atoms with Gasteiger partial charge in [-0.15, -0.1) is 0 Å².